The van der Waals surface area contributed by atoms with Crippen molar-refractivity contribution in [3.8, 4) is 0 Å². The standard InChI is InChI=1S/C11H19NO5/c1-11(10(14)15)4-3-5-12(11)9(13)8-17-7-6-16-2/h3-8H2,1-2H3,(H,14,15). The van der Waals surface area contributed by atoms with Crippen LogP contribution in [0.1, 0.15) is 19.8 Å². The predicted molar refractivity (Wildman–Crippen MR) is 59.7 cm³/mol. The van der Waals surface area contributed by atoms with Gasteiger partial charge in [0.15, 0.2) is 0 Å². The molecule has 17 heavy (non-hydrogen) atoms. The van der Waals surface area contributed by atoms with Crippen LogP contribution in [0.4, 0.5) is 0 Å². The van der Waals surface area contributed by atoms with Crippen LogP contribution in [0.25, 0.3) is 0 Å². The topological polar surface area (TPSA) is 76.1 Å². The van der Waals surface area contributed by atoms with Gasteiger partial charge in [-0.05, 0) is 19.8 Å². The Bertz CT molecular complexity index is 294. The Morgan fingerprint density at radius 3 is 2.71 bits per heavy atom. The molecule has 6 heteroatoms. The number of methoxy groups -OCH3 is 1. The van der Waals surface area contributed by atoms with Gasteiger partial charge in [-0.25, -0.2) is 4.79 Å². The number of carboxylic acids is 1. The van der Waals surface area contributed by atoms with Crippen LogP contribution in [0.5, 0.6) is 0 Å². The molecule has 98 valence electrons. The van der Waals surface area contributed by atoms with E-state index in [1.165, 1.54) is 4.90 Å². The van der Waals surface area contributed by atoms with Crippen LogP contribution in [-0.2, 0) is 19.1 Å². The lowest BCUT2D eigenvalue weighted by molar-refractivity contribution is -0.157. The van der Waals surface area contributed by atoms with E-state index >= 15 is 0 Å². The molecule has 1 rings (SSSR count). The van der Waals surface area contributed by atoms with Crippen molar-refractivity contribution in [1.82, 2.24) is 4.90 Å². The lowest BCUT2D eigenvalue weighted by atomic mass is 9.99. The predicted octanol–water partition coefficient (Wildman–Crippen LogP) is 0.115. The van der Waals surface area contributed by atoms with Crippen LogP contribution in [0.2, 0.25) is 0 Å². The highest BCUT2D eigenvalue weighted by Crippen LogP contribution is 2.29. The molecule has 6 nitrogen and oxygen atoms in total. The summed E-state index contributed by atoms with van der Waals surface area (Å²) in [5, 5.41) is 9.15. The molecule has 0 radical (unpaired) electrons. The van der Waals surface area contributed by atoms with Gasteiger partial charge in [0.1, 0.15) is 12.1 Å². The highest BCUT2D eigenvalue weighted by atomic mass is 16.5. The van der Waals surface area contributed by atoms with Crippen LogP contribution in [0.15, 0.2) is 0 Å². The summed E-state index contributed by atoms with van der Waals surface area (Å²) in [6.45, 7) is 2.72. The summed E-state index contributed by atoms with van der Waals surface area (Å²) in [6, 6.07) is 0. The van der Waals surface area contributed by atoms with E-state index in [9.17, 15) is 9.59 Å². The van der Waals surface area contributed by atoms with Gasteiger partial charge in [-0.15, -0.1) is 0 Å². The third-order valence-electron chi connectivity index (χ3n) is 3.06. The average molecular weight is 245 g/mol. The smallest absolute Gasteiger partial charge is 0.329 e. The van der Waals surface area contributed by atoms with Gasteiger partial charge < -0.3 is 19.5 Å². The van der Waals surface area contributed by atoms with E-state index in [0.29, 0.717) is 32.6 Å². The summed E-state index contributed by atoms with van der Waals surface area (Å²) in [5.74, 6) is -1.23. The van der Waals surface area contributed by atoms with Gasteiger partial charge >= 0.3 is 5.97 Å². The van der Waals surface area contributed by atoms with Gasteiger partial charge in [-0.2, -0.15) is 0 Å². The van der Waals surface area contributed by atoms with E-state index < -0.39 is 11.5 Å². The first-order chi connectivity index (χ1) is 8.02. The molecule has 0 aliphatic carbocycles. The minimum absolute atomic E-state index is 0.0910. The molecule has 0 bridgehead atoms. The molecule has 1 aliphatic rings. The first kappa shape index (κ1) is 13.9. The van der Waals surface area contributed by atoms with Gasteiger partial charge in [0, 0.05) is 13.7 Å². The molecule has 1 saturated heterocycles. The number of rotatable bonds is 6. The summed E-state index contributed by atoms with van der Waals surface area (Å²) in [5.41, 5.74) is -1.08. The Labute approximate surface area is 100 Å². The molecule has 1 N–H and O–H groups in total. The molecular formula is C11H19NO5. The number of ether oxygens (including phenoxy) is 2. The van der Waals surface area contributed by atoms with Crippen LogP contribution in [0.3, 0.4) is 0 Å². The van der Waals surface area contributed by atoms with Gasteiger partial charge in [0.25, 0.3) is 0 Å². The fourth-order valence-corrected chi connectivity index (χ4v) is 1.97. The molecule has 0 aromatic rings. The molecule has 0 saturated carbocycles. The number of carbonyl (C=O) groups excluding carboxylic acids is 1. The molecule has 1 aliphatic heterocycles. The molecule has 1 unspecified atom stereocenters. The second-order valence-electron chi connectivity index (χ2n) is 4.27. The highest BCUT2D eigenvalue weighted by molar-refractivity contribution is 5.87. The molecule has 1 fully saturated rings. The number of hydrogen-bond acceptors (Lipinski definition) is 4. The van der Waals surface area contributed by atoms with Crippen molar-refractivity contribution < 1.29 is 24.2 Å². The number of carbonyl (C=O) groups is 2. The Morgan fingerprint density at radius 1 is 1.41 bits per heavy atom. The fourth-order valence-electron chi connectivity index (χ4n) is 1.97. The third-order valence-corrected chi connectivity index (χ3v) is 3.06. The zero-order valence-corrected chi connectivity index (χ0v) is 10.3. The second kappa shape index (κ2) is 5.97. The zero-order valence-electron chi connectivity index (χ0n) is 10.3. The second-order valence-corrected chi connectivity index (χ2v) is 4.27. The first-order valence-corrected chi connectivity index (χ1v) is 5.63. The SMILES string of the molecule is COCCOCC(=O)N1CCCC1(C)C(=O)O. The summed E-state index contributed by atoms with van der Waals surface area (Å²) >= 11 is 0. The molecule has 0 aromatic heterocycles. The van der Waals surface area contributed by atoms with Crippen molar-refractivity contribution in [2.75, 3.05) is 33.5 Å². The van der Waals surface area contributed by atoms with E-state index in [0.717, 1.165) is 0 Å². The maximum Gasteiger partial charge on any atom is 0.329 e. The fraction of sp³-hybridized carbons (Fsp3) is 0.818. The maximum atomic E-state index is 11.8. The zero-order chi connectivity index (χ0) is 12.9. The van der Waals surface area contributed by atoms with E-state index in [2.05, 4.69) is 0 Å². The van der Waals surface area contributed by atoms with Crippen LogP contribution >= 0.6 is 0 Å². The summed E-state index contributed by atoms with van der Waals surface area (Å²) in [4.78, 5) is 24.4. The number of nitrogens with zero attached hydrogens (tertiary/aromatic N) is 1. The normalized spacial score (nSPS) is 24.0. The van der Waals surface area contributed by atoms with E-state index in [1.54, 1.807) is 14.0 Å². The largest absolute Gasteiger partial charge is 0.480 e. The van der Waals surface area contributed by atoms with Crippen LogP contribution in [-0.4, -0.2) is 60.9 Å². The Kier molecular flexibility index (Phi) is 4.89. The highest BCUT2D eigenvalue weighted by Gasteiger charge is 2.45. The van der Waals surface area contributed by atoms with Crippen molar-refractivity contribution in [2.45, 2.75) is 25.3 Å². The van der Waals surface area contributed by atoms with Gasteiger partial charge in [-0.3, -0.25) is 4.79 Å². The summed E-state index contributed by atoms with van der Waals surface area (Å²) < 4.78 is 9.90. The third kappa shape index (κ3) is 3.17. The van der Waals surface area contributed by atoms with Crippen molar-refractivity contribution >= 4 is 11.9 Å². The Hall–Kier alpha value is -1.14. The summed E-state index contributed by atoms with van der Waals surface area (Å²) in [6.07, 6.45) is 1.21. The molecule has 0 aromatic carbocycles. The first-order valence-electron chi connectivity index (χ1n) is 5.63. The van der Waals surface area contributed by atoms with Gasteiger partial charge in [-0.1, -0.05) is 0 Å². The van der Waals surface area contributed by atoms with Gasteiger partial charge in [0.2, 0.25) is 5.91 Å². The summed E-state index contributed by atoms with van der Waals surface area (Å²) in [7, 11) is 1.55. The van der Waals surface area contributed by atoms with E-state index in [1.807, 2.05) is 0 Å². The van der Waals surface area contributed by atoms with Crippen molar-refractivity contribution in [2.24, 2.45) is 0 Å². The molecular weight excluding hydrogens is 226 g/mol. The molecule has 1 heterocycles. The maximum absolute atomic E-state index is 11.8. The molecule has 0 spiro atoms. The Morgan fingerprint density at radius 2 is 2.12 bits per heavy atom. The average Bonchev–Trinajstić information content (AvgIpc) is 2.68. The number of carboxylic acid groups (broad SMARTS) is 1. The Balaban J connectivity index is 2.48. The van der Waals surface area contributed by atoms with Crippen LogP contribution in [0, 0.1) is 0 Å². The lowest BCUT2D eigenvalue weighted by Gasteiger charge is -2.31. The minimum Gasteiger partial charge on any atom is -0.480 e. The molecule has 1 amide bonds. The number of hydrogen-bond donors (Lipinski definition) is 1. The quantitative estimate of drug-likeness (QED) is 0.672. The van der Waals surface area contributed by atoms with Crippen molar-refractivity contribution in [3.63, 3.8) is 0 Å². The van der Waals surface area contributed by atoms with E-state index in [-0.39, 0.29) is 12.5 Å². The van der Waals surface area contributed by atoms with E-state index in [4.69, 9.17) is 14.6 Å². The minimum atomic E-state index is -1.08. The lowest BCUT2D eigenvalue weighted by Crippen LogP contribution is -2.51. The van der Waals surface area contributed by atoms with Crippen molar-refractivity contribution in [1.29, 1.82) is 0 Å². The van der Waals surface area contributed by atoms with Crippen molar-refractivity contribution in [3.05, 3.63) is 0 Å². The number of likely N-dealkylation sites (tertiary alicyclic amines) is 1. The number of amides is 1. The van der Waals surface area contributed by atoms with Crippen LogP contribution < -0.4 is 0 Å². The van der Waals surface area contributed by atoms with Gasteiger partial charge in [0.05, 0.1) is 13.2 Å². The monoisotopic (exact) mass is 245 g/mol. The number of aliphatic carboxylic acids is 1. The molecule has 1 atom stereocenters.